The molecule has 0 heterocycles. The third-order valence-corrected chi connectivity index (χ3v) is 4.62. The molecule has 0 unspecified atom stereocenters. The molecule has 0 spiro atoms. The Balaban J connectivity index is 1.86. The first-order valence-corrected chi connectivity index (χ1v) is 9.02. The van der Waals surface area contributed by atoms with Crippen molar-refractivity contribution < 1.29 is 19.1 Å². The maximum Gasteiger partial charge on any atom is 0.343 e. The SMILES string of the molecule is Cc1cc(OC(=O)c2cccc(N)c2)c(C)c(C)c1OC(=O)c1cccc(N)c1. The number of carbonyl (C=O) groups is 2. The van der Waals surface area contributed by atoms with Crippen molar-refractivity contribution in [2.45, 2.75) is 20.8 Å². The predicted molar refractivity (Wildman–Crippen MR) is 112 cm³/mol. The highest BCUT2D eigenvalue weighted by Crippen LogP contribution is 2.34. The van der Waals surface area contributed by atoms with Gasteiger partial charge in [0.2, 0.25) is 0 Å². The fraction of sp³-hybridized carbons (Fsp3) is 0.130. The van der Waals surface area contributed by atoms with Gasteiger partial charge < -0.3 is 20.9 Å². The zero-order chi connectivity index (χ0) is 21.1. The van der Waals surface area contributed by atoms with Crippen LogP contribution in [0.2, 0.25) is 0 Å². The highest BCUT2D eigenvalue weighted by molar-refractivity contribution is 5.93. The van der Waals surface area contributed by atoms with Crippen molar-refractivity contribution in [2.24, 2.45) is 0 Å². The van der Waals surface area contributed by atoms with E-state index in [4.69, 9.17) is 20.9 Å². The third kappa shape index (κ3) is 4.38. The molecule has 0 saturated heterocycles. The van der Waals surface area contributed by atoms with Crippen LogP contribution in [-0.4, -0.2) is 11.9 Å². The molecule has 0 aromatic heterocycles. The van der Waals surface area contributed by atoms with Gasteiger partial charge in [-0.3, -0.25) is 0 Å². The number of nitrogens with two attached hydrogens (primary N) is 2. The van der Waals surface area contributed by atoms with Gasteiger partial charge in [0.1, 0.15) is 11.5 Å². The van der Waals surface area contributed by atoms with E-state index in [0.717, 1.165) is 0 Å². The lowest BCUT2D eigenvalue weighted by atomic mass is 10.0. The molecule has 0 aliphatic carbocycles. The maximum absolute atomic E-state index is 12.5. The average Bonchev–Trinajstić information content (AvgIpc) is 2.69. The Morgan fingerprint density at radius 1 is 0.724 bits per heavy atom. The number of benzene rings is 3. The summed E-state index contributed by atoms with van der Waals surface area (Å²) in [5, 5.41) is 0. The topological polar surface area (TPSA) is 105 Å². The van der Waals surface area contributed by atoms with Crippen LogP contribution in [0.4, 0.5) is 11.4 Å². The van der Waals surface area contributed by atoms with Crippen molar-refractivity contribution in [2.75, 3.05) is 11.5 Å². The fourth-order valence-corrected chi connectivity index (χ4v) is 2.93. The smallest absolute Gasteiger partial charge is 0.343 e. The summed E-state index contributed by atoms with van der Waals surface area (Å²) < 4.78 is 11.2. The molecule has 0 bridgehead atoms. The Labute approximate surface area is 169 Å². The summed E-state index contributed by atoms with van der Waals surface area (Å²) >= 11 is 0. The molecule has 0 aliphatic heterocycles. The van der Waals surface area contributed by atoms with Gasteiger partial charge in [0.05, 0.1) is 11.1 Å². The molecule has 6 heteroatoms. The molecule has 0 aliphatic rings. The van der Waals surface area contributed by atoms with E-state index in [1.165, 1.54) is 0 Å². The number of hydrogen-bond acceptors (Lipinski definition) is 6. The highest BCUT2D eigenvalue weighted by Gasteiger charge is 2.19. The second kappa shape index (κ2) is 8.06. The van der Waals surface area contributed by atoms with Gasteiger partial charge in [-0.2, -0.15) is 0 Å². The van der Waals surface area contributed by atoms with Crippen molar-refractivity contribution in [3.05, 3.63) is 82.4 Å². The van der Waals surface area contributed by atoms with Crippen LogP contribution in [0.25, 0.3) is 0 Å². The van der Waals surface area contributed by atoms with Crippen molar-refractivity contribution in [1.29, 1.82) is 0 Å². The molecule has 0 fully saturated rings. The number of rotatable bonds is 4. The quantitative estimate of drug-likeness (QED) is 0.393. The first-order chi connectivity index (χ1) is 13.8. The summed E-state index contributed by atoms with van der Waals surface area (Å²) in [5.41, 5.74) is 15.2. The molecule has 0 amide bonds. The fourth-order valence-electron chi connectivity index (χ4n) is 2.93. The van der Waals surface area contributed by atoms with E-state index in [9.17, 15) is 9.59 Å². The predicted octanol–water partition coefficient (Wildman–Crippen LogP) is 4.21. The number of aryl methyl sites for hydroxylation is 1. The summed E-state index contributed by atoms with van der Waals surface area (Å²) in [6, 6.07) is 14.8. The third-order valence-electron chi connectivity index (χ3n) is 4.62. The summed E-state index contributed by atoms with van der Waals surface area (Å²) in [6.07, 6.45) is 0. The van der Waals surface area contributed by atoms with Crippen molar-refractivity contribution >= 4 is 23.3 Å². The van der Waals surface area contributed by atoms with Crippen LogP contribution < -0.4 is 20.9 Å². The van der Waals surface area contributed by atoms with Gasteiger partial charge in [0, 0.05) is 11.4 Å². The lowest BCUT2D eigenvalue weighted by Crippen LogP contribution is -2.13. The van der Waals surface area contributed by atoms with Crippen molar-refractivity contribution in [1.82, 2.24) is 0 Å². The Morgan fingerprint density at radius 2 is 1.24 bits per heavy atom. The minimum Gasteiger partial charge on any atom is -0.423 e. The number of nitrogen functional groups attached to an aromatic ring is 2. The van der Waals surface area contributed by atoms with E-state index in [1.54, 1.807) is 68.4 Å². The van der Waals surface area contributed by atoms with Crippen LogP contribution in [0.1, 0.15) is 37.4 Å². The largest absolute Gasteiger partial charge is 0.423 e. The molecule has 148 valence electrons. The standard InChI is InChI=1S/C23H22N2O4/c1-13-10-20(28-22(26)16-6-4-8-18(24)11-16)14(2)15(3)21(13)29-23(27)17-7-5-9-19(25)12-17/h4-12H,24-25H2,1-3H3. The van der Waals surface area contributed by atoms with Crippen molar-refractivity contribution in [3.8, 4) is 11.5 Å². The van der Waals surface area contributed by atoms with Gasteiger partial charge in [-0.15, -0.1) is 0 Å². The Hall–Kier alpha value is -3.80. The van der Waals surface area contributed by atoms with E-state index in [-0.39, 0.29) is 0 Å². The van der Waals surface area contributed by atoms with Gasteiger partial charge in [-0.25, -0.2) is 9.59 Å². The summed E-state index contributed by atoms with van der Waals surface area (Å²) in [7, 11) is 0. The van der Waals surface area contributed by atoms with Gasteiger partial charge >= 0.3 is 11.9 Å². The molecule has 3 aromatic carbocycles. The van der Waals surface area contributed by atoms with Crippen LogP contribution in [0, 0.1) is 20.8 Å². The lowest BCUT2D eigenvalue weighted by molar-refractivity contribution is 0.0716. The molecule has 6 nitrogen and oxygen atoms in total. The van der Waals surface area contributed by atoms with E-state index in [0.29, 0.717) is 50.7 Å². The number of ether oxygens (including phenoxy) is 2. The molecular formula is C23H22N2O4. The van der Waals surface area contributed by atoms with E-state index in [1.807, 2.05) is 6.92 Å². The second-order valence-corrected chi connectivity index (χ2v) is 6.80. The zero-order valence-electron chi connectivity index (χ0n) is 16.5. The maximum atomic E-state index is 12.5. The minimum atomic E-state index is -0.510. The normalized spacial score (nSPS) is 10.4. The summed E-state index contributed by atoms with van der Waals surface area (Å²) in [6.45, 7) is 5.39. The van der Waals surface area contributed by atoms with Gasteiger partial charge in [0.25, 0.3) is 0 Å². The van der Waals surface area contributed by atoms with Gasteiger partial charge in [0.15, 0.2) is 0 Å². The number of carbonyl (C=O) groups excluding carboxylic acids is 2. The summed E-state index contributed by atoms with van der Waals surface area (Å²) in [5.74, 6) is -0.189. The van der Waals surface area contributed by atoms with Crippen LogP contribution in [0.15, 0.2) is 54.6 Å². The minimum absolute atomic E-state index is 0.358. The second-order valence-electron chi connectivity index (χ2n) is 6.80. The molecule has 0 atom stereocenters. The molecule has 3 rings (SSSR count). The number of esters is 2. The molecule has 0 radical (unpaired) electrons. The molecule has 0 saturated carbocycles. The Morgan fingerprint density at radius 3 is 1.76 bits per heavy atom. The number of anilines is 2. The van der Waals surface area contributed by atoms with E-state index < -0.39 is 11.9 Å². The molecular weight excluding hydrogens is 368 g/mol. The summed E-state index contributed by atoms with van der Waals surface area (Å²) in [4.78, 5) is 24.9. The Bertz CT molecular complexity index is 1110. The Kier molecular flexibility index (Phi) is 5.54. The van der Waals surface area contributed by atoms with Gasteiger partial charge in [-0.1, -0.05) is 12.1 Å². The lowest BCUT2D eigenvalue weighted by Gasteiger charge is -2.16. The monoisotopic (exact) mass is 390 g/mol. The first-order valence-electron chi connectivity index (χ1n) is 9.02. The van der Waals surface area contributed by atoms with Crippen LogP contribution in [0.5, 0.6) is 11.5 Å². The van der Waals surface area contributed by atoms with Crippen LogP contribution in [0.3, 0.4) is 0 Å². The van der Waals surface area contributed by atoms with Gasteiger partial charge in [-0.05, 0) is 79.9 Å². The molecule has 3 aromatic rings. The number of hydrogen-bond donors (Lipinski definition) is 2. The van der Waals surface area contributed by atoms with Crippen molar-refractivity contribution in [3.63, 3.8) is 0 Å². The highest BCUT2D eigenvalue weighted by atomic mass is 16.5. The molecule has 29 heavy (non-hydrogen) atoms. The van der Waals surface area contributed by atoms with Crippen LogP contribution in [-0.2, 0) is 0 Å². The van der Waals surface area contributed by atoms with E-state index >= 15 is 0 Å². The van der Waals surface area contributed by atoms with Crippen LogP contribution >= 0.6 is 0 Å². The zero-order valence-corrected chi connectivity index (χ0v) is 16.5. The average molecular weight is 390 g/mol. The first kappa shape index (κ1) is 19.9. The molecule has 4 N–H and O–H groups in total. The van der Waals surface area contributed by atoms with E-state index in [2.05, 4.69) is 0 Å².